The highest BCUT2D eigenvalue weighted by atomic mass is 14.1. The molecule has 0 heteroatoms. The Morgan fingerprint density at radius 3 is 1.20 bits per heavy atom. The lowest BCUT2D eigenvalue weighted by Gasteiger charge is -2.12. The van der Waals surface area contributed by atoms with Crippen molar-refractivity contribution in [2.45, 2.75) is 94.9 Å². The summed E-state index contributed by atoms with van der Waals surface area (Å²) in [6, 6.07) is 8.96. The second-order valence-electron chi connectivity index (χ2n) is 11.6. The average molecular weight is 533 g/mol. The molecule has 0 bridgehead atoms. The molecule has 0 amide bonds. The minimum absolute atomic E-state index is 1.09. The molecule has 0 atom stereocenters. The van der Waals surface area contributed by atoms with Gasteiger partial charge in [0.15, 0.2) is 0 Å². The standard InChI is InChI=1S/C40H52/c1-29(17-13-19-31(3)21-27-39-35(7)25-23-33(5)37(39)9)15-11-12-16-30(2)18-14-20-32(4)22-28-40-36(8)26-24-34(6)38(40)10/h11-20,23-26H,21-22,27-28H2,1-10H3/b12-11+,17-13+,18-14+,29-15+,30-16+,31-19+,32-20+. The molecule has 0 spiro atoms. The fourth-order valence-corrected chi connectivity index (χ4v) is 4.85. The third-order valence-corrected chi connectivity index (χ3v) is 8.05. The number of hydrogen-bond donors (Lipinski definition) is 0. The Bertz CT molecular complexity index is 1250. The van der Waals surface area contributed by atoms with Crippen LogP contribution in [0.1, 0.15) is 85.0 Å². The minimum Gasteiger partial charge on any atom is -0.0730 e. The molecule has 2 aromatic carbocycles. The second kappa shape index (κ2) is 16.7. The van der Waals surface area contributed by atoms with E-state index in [-0.39, 0.29) is 0 Å². The predicted octanol–water partition coefficient (Wildman–Crippen LogP) is 11.6. The van der Waals surface area contributed by atoms with Crippen molar-refractivity contribution in [2.24, 2.45) is 0 Å². The molecule has 0 saturated carbocycles. The summed E-state index contributed by atoms with van der Waals surface area (Å²) in [5, 5.41) is 0. The largest absolute Gasteiger partial charge is 0.0730 e. The molecule has 0 aliphatic carbocycles. The monoisotopic (exact) mass is 532 g/mol. The van der Waals surface area contributed by atoms with Gasteiger partial charge in [0, 0.05) is 0 Å². The molecule has 2 aromatic rings. The van der Waals surface area contributed by atoms with Crippen molar-refractivity contribution in [1.29, 1.82) is 0 Å². The van der Waals surface area contributed by atoms with Crippen molar-refractivity contribution in [2.75, 3.05) is 0 Å². The Hall–Kier alpha value is -3.38. The summed E-state index contributed by atoms with van der Waals surface area (Å²) in [7, 11) is 0. The van der Waals surface area contributed by atoms with E-state index in [1.807, 2.05) is 0 Å². The maximum absolute atomic E-state index is 2.25. The molecule has 212 valence electrons. The summed E-state index contributed by atoms with van der Waals surface area (Å²) in [4.78, 5) is 0. The fraction of sp³-hybridized carbons (Fsp3) is 0.350. The van der Waals surface area contributed by atoms with Crippen LogP contribution in [0.15, 0.2) is 107 Å². The van der Waals surface area contributed by atoms with Gasteiger partial charge in [-0.2, -0.15) is 0 Å². The molecule has 0 fully saturated rings. The van der Waals surface area contributed by atoms with E-state index in [2.05, 4.69) is 154 Å². The molecule has 2 rings (SSSR count). The van der Waals surface area contributed by atoms with Crippen LogP contribution in [0.4, 0.5) is 0 Å². The Kier molecular flexibility index (Phi) is 13.7. The third-order valence-electron chi connectivity index (χ3n) is 8.05. The minimum atomic E-state index is 1.09. The molecular formula is C40H52. The van der Waals surface area contributed by atoms with E-state index in [1.165, 1.54) is 66.8 Å². The first-order chi connectivity index (χ1) is 19.0. The summed E-state index contributed by atoms with van der Waals surface area (Å²) in [6.45, 7) is 22.1. The van der Waals surface area contributed by atoms with Crippen LogP contribution in [0, 0.1) is 41.5 Å². The van der Waals surface area contributed by atoms with Crippen molar-refractivity contribution in [3.05, 3.63) is 152 Å². The van der Waals surface area contributed by atoms with Crippen LogP contribution in [0.2, 0.25) is 0 Å². The molecule has 40 heavy (non-hydrogen) atoms. The molecular weight excluding hydrogens is 480 g/mol. The smallest absolute Gasteiger partial charge is 0.0236 e. The number of benzene rings is 2. The zero-order valence-corrected chi connectivity index (χ0v) is 26.9. The van der Waals surface area contributed by atoms with Crippen LogP contribution in [0.3, 0.4) is 0 Å². The second-order valence-corrected chi connectivity index (χ2v) is 11.6. The van der Waals surface area contributed by atoms with Crippen molar-refractivity contribution in [1.82, 2.24) is 0 Å². The molecule has 0 N–H and O–H groups in total. The normalized spacial score (nSPS) is 13.9. The Morgan fingerprint density at radius 1 is 0.475 bits per heavy atom. The van der Waals surface area contributed by atoms with E-state index in [1.54, 1.807) is 0 Å². The topological polar surface area (TPSA) is 0 Å². The summed E-state index contributed by atoms with van der Waals surface area (Å²) >= 11 is 0. The number of allylic oxidation sites excluding steroid dienone is 14. The van der Waals surface area contributed by atoms with Gasteiger partial charge in [-0.15, -0.1) is 0 Å². The van der Waals surface area contributed by atoms with Gasteiger partial charge in [-0.05, 0) is 139 Å². The molecule has 0 unspecified atom stereocenters. The van der Waals surface area contributed by atoms with Crippen molar-refractivity contribution in [3.63, 3.8) is 0 Å². The Balaban J connectivity index is 1.83. The summed E-state index contributed by atoms with van der Waals surface area (Å²) in [6.07, 6.45) is 26.1. The Labute approximate surface area is 246 Å². The van der Waals surface area contributed by atoms with Crippen molar-refractivity contribution in [3.8, 4) is 0 Å². The van der Waals surface area contributed by atoms with E-state index >= 15 is 0 Å². The van der Waals surface area contributed by atoms with Crippen LogP contribution in [-0.4, -0.2) is 0 Å². The Morgan fingerprint density at radius 2 is 0.825 bits per heavy atom. The van der Waals surface area contributed by atoms with E-state index in [9.17, 15) is 0 Å². The lowest BCUT2D eigenvalue weighted by atomic mass is 9.93. The van der Waals surface area contributed by atoms with Crippen LogP contribution < -0.4 is 0 Å². The van der Waals surface area contributed by atoms with Gasteiger partial charge in [-0.25, -0.2) is 0 Å². The lowest BCUT2D eigenvalue weighted by molar-refractivity contribution is 0.918. The quantitative estimate of drug-likeness (QED) is 0.238. The van der Waals surface area contributed by atoms with E-state index < -0.39 is 0 Å². The summed E-state index contributed by atoms with van der Waals surface area (Å²) < 4.78 is 0. The highest BCUT2D eigenvalue weighted by molar-refractivity contribution is 5.41. The SMILES string of the molecule is CC(/C=C/C=C(\C)CCc1c(C)ccc(C)c1C)=C\C=C\C=C(C)\C=C\C=C(/C)CCc1c(C)ccc(C)c1C. The predicted molar refractivity (Wildman–Crippen MR) is 180 cm³/mol. The number of rotatable bonds is 12. The van der Waals surface area contributed by atoms with Gasteiger partial charge >= 0.3 is 0 Å². The van der Waals surface area contributed by atoms with Gasteiger partial charge < -0.3 is 0 Å². The third kappa shape index (κ3) is 11.0. The van der Waals surface area contributed by atoms with E-state index in [4.69, 9.17) is 0 Å². The fourth-order valence-electron chi connectivity index (χ4n) is 4.85. The van der Waals surface area contributed by atoms with Crippen LogP contribution in [-0.2, 0) is 12.8 Å². The van der Waals surface area contributed by atoms with Gasteiger partial charge in [-0.3, -0.25) is 0 Å². The zero-order chi connectivity index (χ0) is 29.7. The highest BCUT2D eigenvalue weighted by Gasteiger charge is 2.06. The first kappa shape index (κ1) is 32.8. The van der Waals surface area contributed by atoms with Crippen LogP contribution in [0.25, 0.3) is 0 Å². The van der Waals surface area contributed by atoms with Gasteiger partial charge in [0.05, 0.1) is 0 Å². The molecule has 0 aliphatic heterocycles. The molecule has 0 nitrogen and oxygen atoms in total. The summed E-state index contributed by atoms with van der Waals surface area (Å²) in [5.74, 6) is 0. The van der Waals surface area contributed by atoms with Gasteiger partial charge in [-0.1, -0.05) is 107 Å². The van der Waals surface area contributed by atoms with Crippen LogP contribution >= 0.6 is 0 Å². The number of hydrogen-bond acceptors (Lipinski definition) is 0. The van der Waals surface area contributed by atoms with Crippen molar-refractivity contribution >= 4 is 0 Å². The first-order valence-corrected chi connectivity index (χ1v) is 14.8. The lowest BCUT2D eigenvalue weighted by Crippen LogP contribution is -1.97. The molecule has 0 aromatic heterocycles. The average Bonchev–Trinajstić information content (AvgIpc) is 2.91. The van der Waals surface area contributed by atoms with Gasteiger partial charge in [0.1, 0.15) is 0 Å². The van der Waals surface area contributed by atoms with Crippen LogP contribution in [0.5, 0.6) is 0 Å². The van der Waals surface area contributed by atoms with E-state index in [0.29, 0.717) is 0 Å². The number of aryl methyl sites for hydroxylation is 4. The first-order valence-electron chi connectivity index (χ1n) is 14.8. The van der Waals surface area contributed by atoms with Gasteiger partial charge in [0.2, 0.25) is 0 Å². The summed E-state index contributed by atoms with van der Waals surface area (Å²) in [5.41, 5.74) is 16.8. The molecule has 0 saturated heterocycles. The maximum atomic E-state index is 2.25. The molecule has 0 radical (unpaired) electrons. The molecule has 0 heterocycles. The van der Waals surface area contributed by atoms with Crippen molar-refractivity contribution < 1.29 is 0 Å². The van der Waals surface area contributed by atoms with E-state index in [0.717, 1.165) is 25.7 Å². The zero-order valence-electron chi connectivity index (χ0n) is 26.9. The maximum Gasteiger partial charge on any atom is -0.0236 e. The molecule has 0 aliphatic rings. The highest BCUT2D eigenvalue weighted by Crippen LogP contribution is 2.22. The van der Waals surface area contributed by atoms with Gasteiger partial charge in [0.25, 0.3) is 0 Å².